The van der Waals surface area contributed by atoms with Crippen molar-refractivity contribution in [3.8, 4) is 0 Å². The van der Waals surface area contributed by atoms with Gasteiger partial charge in [0, 0.05) is 19.8 Å². The third kappa shape index (κ3) is 3.19. The molecule has 4 nitrogen and oxygen atoms in total. The van der Waals surface area contributed by atoms with Crippen molar-refractivity contribution in [3.63, 3.8) is 0 Å². The van der Waals surface area contributed by atoms with Crippen LogP contribution in [0.2, 0.25) is 0 Å². The van der Waals surface area contributed by atoms with Crippen LogP contribution >= 0.6 is 0 Å². The minimum absolute atomic E-state index is 0.119. The molecule has 0 saturated carbocycles. The summed E-state index contributed by atoms with van der Waals surface area (Å²) in [7, 11) is 0. The molecule has 2 aliphatic heterocycles. The van der Waals surface area contributed by atoms with E-state index in [4.69, 9.17) is 9.47 Å². The number of rotatable bonds is 3. The Balaban J connectivity index is 1.51. The lowest BCUT2D eigenvalue weighted by Crippen LogP contribution is -2.43. The highest BCUT2D eigenvalue weighted by atomic mass is 16.5. The number of fused-ring (bicyclic) bond motifs is 1. The van der Waals surface area contributed by atoms with Gasteiger partial charge in [-0.15, -0.1) is 0 Å². The molecule has 1 atom stereocenters. The second kappa shape index (κ2) is 6.37. The molecule has 1 fully saturated rings. The van der Waals surface area contributed by atoms with E-state index in [2.05, 4.69) is 17.4 Å². The average molecular weight is 275 g/mol. The van der Waals surface area contributed by atoms with Crippen LogP contribution in [0.25, 0.3) is 0 Å². The molecule has 1 aromatic rings. The van der Waals surface area contributed by atoms with Crippen molar-refractivity contribution >= 4 is 5.97 Å². The molecule has 20 heavy (non-hydrogen) atoms. The molecule has 0 unspecified atom stereocenters. The van der Waals surface area contributed by atoms with Crippen LogP contribution in [0.4, 0.5) is 0 Å². The highest BCUT2D eigenvalue weighted by molar-refractivity contribution is 5.76. The fourth-order valence-electron chi connectivity index (χ4n) is 2.83. The highest BCUT2D eigenvalue weighted by Crippen LogP contribution is 2.18. The van der Waals surface area contributed by atoms with Crippen molar-refractivity contribution in [1.29, 1.82) is 0 Å². The van der Waals surface area contributed by atoms with E-state index >= 15 is 0 Å². The summed E-state index contributed by atoms with van der Waals surface area (Å²) < 4.78 is 10.8. The molecule has 2 heterocycles. The lowest BCUT2D eigenvalue weighted by Gasteiger charge is -2.26. The number of hydrogen-bond acceptors (Lipinski definition) is 4. The van der Waals surface area contributed by atoms with Gasteiger partial charge >= 0.3 is 5.97 Å². The maximum Gasteiger partial charge on any atom is 0.323 e. The zero-order valence-corrected chi connectivity index (χ0v) is 11.6. The maximum absolute atomic E-state index is 12.1. The minimum atomic E-state index is -0.204. The van der Waals surface area contributed by atoms with Crippen LogP contribution in [0.15, 0.2) is 24.3 Å². The Labute approximate surface area is 119 Å². The van der Waals surface area contributed by atoms with Crippen LogP contribution in [0, 0.1) is 5.92 Å². The Morgan fingerprint density at radius 2 is 2.00 bits per heavy atom. The smallest absolute Gasteiger partial charge is 0.323 e. The van der Waals surface area contributed by atoms with Gasteiger partial charge < -0.3 is 14.8 Å². The SMILES string of the molecule is O=C(OCC1CCOCC1)[C@H]1Cc2ccccc2CN1. The lowest BCUT2D eigenvalue weighted by molar-refractivity contribution is -0.148. The molecule has 0 amide bonds. The molecular weight excluding hydrogens is 254 g/mol. The first-order chi connectivity index (χ1) is 9.83. The second-order valence-electron chi connectivity index (χ2n) is 5.59. The number of carbonyl (C=O) groups excluding carboxylic acids is 1. The van der Waals surface area contributed by atoms with Gasteiger partial charge in [-0.05, 0) is 36.3 Å². The third-order valence-electron chi connectivity index (χ3n) is 4.17. The van der Waals surface area contributed by atoms with E-state index in [-0.39, 0.29) is 12.0 Å². The Hall–Kier alpha value is -1.39. The summed E-state index contributed by atoms with van der Waals surface area (Å²) in [5, 5.41) is 3.26. The van der Waals surface area contributed by atoms with E-state index in [0.29, 0.717) is 12.5 Å². The number of carbonyl (C=O) groups is 1. The fraction of sp³-hybridized carbons (Fsp3) is 0.562. The summed E-state index contributed by atoms with van der Waals surface area (Å²) in [5.74, 6) is 0.342. The summed E-state index contributed by atoms with van der Waals surface area (Å²) in [6.45, 7) is 2.85. The number of benzene rings is 1. The molecule has 2 aliphatic rings. The molecule has 3 rings (SSSR count). The van der Waals surface area contributed by atoms with Crippen LogP contribution in [-0.4, -0.2) is 31.8 Å². The Kier molecular flexibility index (Phi) is 4.33. The Morgan fingerprint density at radius 3 is 2.80 bits per heavy atom. The van der Waals surface area contributed by atoms with Crippen molar-refractivity contribution < 1.29 is 14.3 Å². The first-order valence-corrected chi connectivity index (χ1v) is 7.37. The number of nitrogens with one attached hydrogen (secondary N) is 1. The molecule has 0 aromatic heterocycles. The van der Waals surface area contributed by atoms with Crippen molar-refractivity contribution in [2.45, 2.75) is 31.8 Å². The fourth-order valence-corrected chi connectivity index (χ4v) is 2.83. The topological polar surface area (TPSA) is 47.6 Å². The van der Waals surface area contributed by atoms with E-state index in [0.717, 1.165) is 39.0 Å². The quantitative estimate of drug-likeness (QED) is 0.853. The Morgan fingerprint density at radius 1 is 1.25 bits per heavy atom. The van der Waals surface area contributed by atoms with Crippen molar-refractivity contribution in [2.75, 3.05) is 19.8 Å². The second-order valence-corrected chi connectivity index (χ2v) is 5.59. The monoisotopic (exact) mass is 275 g/mol. The predicted octanol–water partition coefficient (Wildman–Crippen LogP) is 1.67. The normalized spacial score (nSPS) is 23.1. The van der Waals surface area contributed by atoms with Crippen LogP contribution in [0.5, 0.6) is 0 Å². The zero-order chi connectivity index (χ0) is 13.8. The number of ether oxygens (including phenoxy) is 2. The maximum atomic E-state index is 12.1. The van der Waals surface area contributed by atoms with E-state index < -0.39 is 0 Å². The predicted molar refractivity (Wildman–Crippen MR) is 75.3 cm³/mol. The van der Waals surface area contributed by atoms with E-state index in [1.807, 2.05) is 12.1 Å². The van der Waals surface area contributed by atoms with Crippen molar-refractivity contribution in [3.05, 3.63) is 35.4 Å². The van der Waals surface area contributed by atoms with Gasteiger partial charge in [0.2, 0.25) is 0 Å². The molecule has 4 heteroatoms. The molecule has 108 valence electrons. The van der Waals surface area contributed by atoms with E-state index in [1.54, 1.807) is 0 Å². The van der Waals surface area contributed by atoms with Gasteiger partial charge in [-0.1, -0.05) is 24.3 Å². The largest absolute Gasteiger partial charge is 0.464 e. The Bertz CT molecular complexity index is 469. The molecule has 0 radical (unpaired) electrons. The molecule has 1 aromatic carbocycles. The first-order valence-electron chi connectivity index (χ1n) is 7.37. The minimum Gasteiger partial charge on any atom is -0.464 e. The van der Waals surface area contributed by atoms with E-state index in [9.17, 15) is 4.79 Å². The van der Waals surface area contributed by atoms with Gasteiger partial charge in [0.15, 0.2) is 0 Å². The third-order valence-corrected chi connectivity index (χ3v) is 4.17. The van der Waals surface area contributed by atoms with Crippen molar-refractivity contribution in [1.82, 2.24) is 5.32 Å². The standard InChI is InChI=1S/C16H21NO3/c18-16(20-11-12-5-7-19-8-6-12)15-9-13-3-1-2-4-14(13)10-17-15/h1-4,12,15,17H,5-11H2/t15-/m1/s1. The van der Waals surface area contributed by atoms with Crippen LogP contribution < -0.4 is 5.32 Å². The zero-order valence-electron chi connectivity index (χ0n) is 11.6. The van der Waals surface area contributed by atoms with Gasteiger partial charge in [0.05, 0.1) is 6.61 Å². The van der Waals surface area contributed by atoms with Crippen LogP contribution in [0.1, 0.15) is 24.0 Å². The summed E-state index contributed by atoms with van der Waals surface area (Å²) in [4.78, 5) is 12.1. The molecule has 0 aliphatic carbocycles. The van der Waals surface area contributed by atoms with Gasteiger partial charge in [0.1, 0.15) is 6.04 Å². The van der Waals surface area contributed by atoms with Crippen LogP contribution in [0.3, 0.4) is 0 Å². The average Bonchev–Trinajstić information content (AvgIpc) is 2.53. The van der Waals surface area contributed by atoms with Gasteiger partial charge in [0.25, 0.3) is 0 Å². The van der Waals surface area contributed by atoms with Gasteiger partial charge in [-0.25, -0.2) is 0 Å². The molecule has 1 saturated heterocycles. The summed E-state index contributed by atoms with van der Waals surface area (Å²) in [5.41, 5.74) is 2.53. The molecule has 0 spiro atoms. The number of esters is 1. The van der Waals surface area contributed by atoms with Crippen molar-refractivity contribution in [2.24, 2.45) is 5.92 Å². The summed E-state index contributed by atoms with van der Waals surface area (Å²) >= 11 is 0. The summed E-state index contributed by atoms with van der Waals surface area (Å²) in [6, 6.07) is 8.05. The number of hydrogen-bond donors (Lipinski definition) is 1. The first kappa shape index (κ1) is 13.6. The molecule has 1 N–H and O–H groups in total. The van der Waals surface area contributed by atoms with Crippen LogP contribution in [-0.2, 0) is 27.2 Å². The van der Waals surface area contributed by atoms with E-state index in [1.165, 1.54) is 11.1 Å². The summed E-state index contributed by atoms with van der Waals surface area (Å²) in [6.07, 6.45) is 2.71. The molecular formula is C16H21NO3. The van der Waals surface area contributed by atoms with Gasteiger partial charge in [-0.3, -0.25) is 4.79 Å². The highest BCUT2D eigenvalue weighted by Gasteiger charge is 2.26. The van der Waals surface area contributed by atoms with Gasteiger partial charge in [-0.2, -0.15) is 0 Å². The molecule has 0 bridgehead atoms. The lowest BCUT2D eigenvalue weighted by atomic mass is 9.96.